The number of nitrogens with zero attached hydrogens (tertiary/aromatic N) is 4. The number of carbonyl (C=O) groups is 1. The van der Waals surface area contributed by atoms with Crippen LogP contribution >= 0.6 is 11.3 Å². The molecule has 2 aromatic heterocycles. The van der Waals surface area contributed by atoms with E-state index in [0.29, 0.717) is 11.9 Å². The number of carbonyl (C=O) groups excluding carboxylic acids is 1. The van der Waals surface area contributed by atoms with E-state index in [0.717, 1.165) is 62.4 Å². The highest BCUT2D eigenvalue weighted by atomic mass is 32.1. The summed E-state index contributed by atoms with van der Waals surface area (Å²) in [5, 5.41) is 1.29. The fourth-order valence-electron chi connectivity index (χ4n) is 4.61. The molecule has 4 heterocycles. The van der Waals surface area contributed by atoms with E-state index in [2.05, 4.69) is 19.8 Å². The molecule has 2 aliphatic heterocycles. The quantitative estimate of drug-likeness (QED) is 0.842. The fraction of sp³-hybridized carbons (Fsp3) is 0.611. The topological polar surface area (TPSA) is 49.3 Å². The molecule has 1 aliphatic carbocycles. The van der Waals surface area contributed by atoms with Crippen LogP contribution in [-0.2, 0) is 17.6 Å². The second kappa shape index (κ2) is 5.69. The molecule has 5 nitrogen and oxygen atoms in total. The number of likely N-dealkylation sites (tertiary alicyclic amines) is 1. The summed E-state index contributed by atoms with van der Waals surface area (Å²) in [7, 11) is 0. The monoisotopic (exact) mass is 342 g/mol. The van der Waals surface area contributed by atoms with Gasteiger partial charge in [-0.15, -0.1) is 11.3 Å². The zero-order chi connectivity index (χ0) is 16.1. The smallest absolute Gasteiger partial charge is 0.222 e. The Bertz CT molecular complexity index is 802. The Morgan fingerprint density at radius 2 is 2.04 bits per heavy atom. The predicted octanol–water partition coefficient (Wildman–Crippen LogP) is 2.77. The van der Waals surface area contributed by atoms with E-state index in [1.54, 1.807) is 6.33 Å². The van der Waals surface area contributed by atoms with Crippen molar-refractivity contribution in [3.05, 3.63) is 16.8 Å². The number of piperidine rings is 1. The summed E-state index contributed by atoms with van der Waals surface area (Å²) in [5.41, 5.74) is 1.49. The van der Waals surface area contributed by atoms with Crippen molar-refractivity contribution >= 4 is 33.3 Å². The van der Waals surface area contributed by atoms with Crippen LogP contribution in [0.3, 0.4) is 0 Å². The number of aryl methyl sites for hydroxylation is 2. The van der Waals surface area contributed by atoms with Crippen molar-refractivity contribution in [2.24, 2.45) is 0 Å². The SMILES string of the molecule is O=C1CCCN1[C@H]1CCCN(c2ncnc3sc4c(c23)CCC4)C1. The molecule has 3 aliphatic rings. The van der Waals surface area contributed by atoms with Crippen LogP contribution in [0.4, 0.5) is 5.82 Å². The zero-order valence-electron chi connectivity index (χ0n) is 13.8. The fourth-order valence-corrected chi connectivity index (χ4v) is 5.83. The minimum Gasteiger partial charge on any atom is -0.354 e. The van der Waals surface area contributed by atoms with Crippen molar-refractivity contribution in [2.45, 2.75) is 51.0 Å². The lowest BCUT2D eigenvalue weighted by Crippen LogP contribution is -2.48. The van der Waals surface area contributed by atoms with Gasteiger partial charge in [-0.25, -0.2) is 9.97 Å². The van der Waals surface area contributed by atoms with E-state index >= 15 is 0 Å². The first-order valence-electron chi connectivity index (χ1n) is 9.11. The maximum atomic E-state index is 12.1. The molecule has 0 unspecified atom stereocenters. The molecular weight excluding hydrogens is 320 g/mol. The molecule has 0 aromatic carbocycles. The lowest BCUT2D eigenvalue weighted by atomic mass is 10.0. The van der Waals surface area contributed by atoms with Crippen LogP contribution in [0, 0.1) is 0 Å². The van der Waals surface area contributed by atoms with Gasteiger partial charge in [0, 0.05) is 37.0 Å². The summed E-state index contributed by atoms with van der Waals surface area (Å²) in [6, 6.07) is 0.352. The molecule has 2 saturated heterocycles. The molecule has 0 spiro atoms. The summed E-state index contributed by atoms with van der Waals surface area (Å²) in [4.78, 5) is 28.5. The maximum absolute atomic E-state index is 12.1. The third-order valence-electron chi connectivity index (χ3n) is 5.73. The lowest BCUT2D eigenvalue weighted by Gasteiger charge is -2.38. The van der Waals surface area contributed by atoms with Crippen LogP contribution in [-0.4, -0.2) is 46.5 Å². The molecule has 5 rings (SSSR count). The van der Waals surface area contributed by atoms with Gasteiger partial charge in [0.1, 0.15) is 17.0 Å². The van der Waals surface area contributed by atoms with E-state index in [4.69, 9.17) is 0 Å². The van der Waals surface area contributed by atoms with Crippen LogP contribution in [0.5, 0.6) is 0 Å². The summed E-state index contributed by atoms with van der Waals surface area (Å²) < 4.78 is 0. The van der Waals surface area contributed by atoms with Gasteiger partial charge in [0.15, 0.2) is 0 Å². The van der Waals surface area contributed by atoms with Crippen molar-refractivity contribution in [3.8, 4) is 0 Å². The molecule has 24 heavy (non-hydrogen) atoms. The standard InChI is InChI=1S/C18H22N4OS/c23-15-7-3-9-22(15)12-4-2-8-21(10-12)17-16-13-5-1-6-14(13)24-18(16)20-11-19-17/h11-12H,1-10H2/t12-/m0/s1. The Kier molecular flexibility index (Phi) is 3.47. The van der Waals surface area contributed by atoms with E-state index in [1.807, 2.05) is 11.3 Å². The molecule has 0 bridgehead atoms. The summed E-state index contributed by atoms with van der Waals surface area (Å²) in [6.07, 6.45) is 9.34. The molecule has 2 aromatic rings. The number of hydrogen-bond donors (Lipinski definition) is 0. The van der Waals surface area contributed by atoms with Gasteiger partial charge in [-0.2, -0.15) is 0 Å². The number of thiophene rings is 1. The van der Waals surface area contributed by atoms with Crippen molar-refractivity contribution < 1.29 is 4.79 Å². The molecule has 126 valence electrons. The average molecular weight is 342 g/mol. The minimum atomic E-state index is 0.339. The first-order chi connectivity index (χ1) is 11.8. The Morgan fingerprint density at radius 1 is 1.08 bits per heavy atom. The van der Waals surface area contributed by atoms with E-state index in [9.17, 15) is 4.79 Å². The van der Waals surface area contributed by atoms with Gasteiger partial charge in [0.2, 0.25) is 5.91 Å². The van der Waals surface area contributed by atoms with Crippen LogP contribution in [0.25, 0.3) is 10.2 Å². The van der Waals surface area contributed by atoms with Crippen LogP contribution in [0.2, 0.25) is 0 Å². The first kappa shape index (κ1) is 14.6. The van der Waals surface area contributed by atoms with Gasteiger partial charge in [-0.05, 0) is 44.1 Å². The largest absolute Gasteiger partial charge is 0.354 e. The lowest BCUT2D eigenvalue weighted by molar-refractivity contribution is -0.129. The highest BCUT2D eigenvalue weighted by Gasteiger charge is 2.33. The van der Waals surface area contributed by atoms with E-state index in [-0.39, 0.29) is 0 Å². The summed E-state index contributed by atoms with van der Waals surface area (Å²) >= 11 is 1.85. The minimum absolute atomic E-state index is 0.339. The highest BCUT2D eigenvalue weighted by Crippen LogP contribution is 2.40. The van der Waals surface area contributed by atoms with Gasteiger partial charge in [0.05, 0.1) is 5.39 Å². The van der Waals surface area contributed by atoms with Crippen molar-refractivity contribution in [3.63, 3.8) is 0 Å². The van der Waals surface area contributed by atoms with Crippen LogP contribution in [0.1, 0.15) is 42.5 Å². The Balaban J connectivity index is 1.49. The van der Waals surface area contributed by atoms with Crippen LogP contribution in [0.15, 0.2) is 6.33 Å². The molecular formula is C18H22N4OS. The van der Waals surface area contributed by atoms with Gasteiger partial charge < -0.3 is 9.80 Å². The third kappa shape index (κ3) is 2.23. The molecule has 1 atom stereocenters. The number of amides is 1. The predicted molar refractivity (Wildman–Crippen MR) is 95.6 cm³/mol. The summed E-state index contributed by atoms with van der Waals surface area (Å²) in [5.74, 6) is 1.45. The first-order valence-corrected chi connectivity index (χ1v) is 9.92. The number of aromatic nitrogens is 2. The molecule has 1 amide bonds. The average Bonchev–Trinajstić information content (AvgIpc) is 3.30. The van der Waals surface area contributed by atoms with E-state index in [1.165, 1.54) is 28.7 Å². The van der Waals surface area contributed by atoms with Gasteiger partial charge in [0.25, 0.3) is 0 Å². The summed E-state index contributed by atoms with van der Waals surface area (Å²) in [6.45, 7) is 2.89. The third-order valence-corrected chi connectivity index (χ3v) is 6.93. The number of hydrogen-bond acceptors (Lipinski definition) is 5. The molecule has 0 N–H and O–H groups in total. The normalized spacial score (nSPS) is 24.2. The highest BCUT2D eigenvalue weighted by molar-refractivity contribution is 7.19. The molecule has 6 heteroatoms. The number of anilines is 1. The Morgan fingerprint density at radius 3 is 2.92 bits per heavy atom. The maximum Gasteiger partial charge on any atom is 0.222 e. The van der Waals surface area contributed by atoms with Gasteiger partial charge >= 0.3 is 0 Å². The van der Waals surface area contributed by atoms with Crippen molar-refractivity contribution in [1.82, 2.24) is 14.9 Å². The number of rotatable bonds is 2. The van der Waals surface area contributed by atoms with Gasteiger partial charge in [-0.3, -0.25) is 4.79 Å². The number of fused-ring (bicyclic) bond motifs is 3. The second-order valence-corrected chi connectivity index (χ2v) is 8.25. The van der Waals surface area contributed by atoms with Crippen LogP contribution < -0.4 is 4.90 Å². The van der Waals surface area contributed by atoms with E-state index < -0.39 is 0 Å². The molecule has 0 radical (unpaired) electrons. The molecule has 0 saturated carbocycles. The molecule has 2 fully saturated rings. The van der Waals surface area contributed by atoms with Gasteiger partial charge in [-0.1, -0.05) is 0 Å². The van der Waals surface area contributed by atoms with Crippen molar-refractivity contribution in [1.29, 1.82) is 0 Å². The zero-order valence-corrected chi connectivity index (χ0v) is 14.6. The second-order valence-electron chi connectivity index (χ2n) is 7.17. The Labute approximate surface area is 145 Å². The van der Waals surface area contributed by atoms with Crippen molar-refractivity contribution in [2.75, 3.05) is 24.5 Å². The Hall–Kier alpha value is -1.69.